The van der Waals surface area contributed by atoms with Gasteiger partial charge in [-0.3, -0.25) is 27.1 Å². The van der Waals surface area contributed by atoms with Crippen molar-refractivity contribution in [3.63, 3.8) is 0 Å². The molecule has 4 aliphatic heterocycles. The molecule has 140 heavy (non-hydrogen) atoms. The number of hydrogen-bond donors (Lipinski definition) is 4. The Morgan fingerprint density at radius 1 is 0.357 bits per heavy atom. The molecule has 0 amide bonds. The topological polar surface area (TPSA) is 344 Å². The summed E-state index contributed by atoms with van der Waals surface area (Å²) in [7, 11) is 4.93. The molecule has 4 heterocycles. The van der Waals surface area contributed by atoms with E-state index in [1.165, 1.54) is 48.8 Å². The van der Waals surface area contributed by atoms with Gasteiger partial charge in [0.15, 0.2) is 0 Å². The molecule has 0 radical (unpaired) electrons. The number of aliphatic hydroxyl groups excluding tert-OH is 3. The van der Waals surface area contributed by atoms with Crippen LogP contribution >= 0.6 is 23.5 Å². The Kier molecular flexibility index (Phi) is 44.6. The maximum Gasteiger partial charge on any atom is 1.00 e. The molecule has 4 N–H and O–H groups in total. The summed E-state index contributed by atoms with van der Waals surface area (Å²) in [6.45, 7) is 4.29. The van der Waals surface area contributed by atoms with Crippen LogP contribution in [0.3, 0.4) is 0 Å². The number of phenolic OH excluding ortho intramolecular Hbond substituents is 1. The normalized spacial score (nSPS) is 19.9. The minimum atomic E-state index is -4.17. The number of hydrogen-bond acceptors (Lipinski definition) is 30. The van der Waals surface area contributed by atoms with Crippen LogP contribution in [0.25, 0.3) is 0 Å². The van der Waals surface area contributed by atoms with E-state index in [0.29, 0.717) is 12.4 Å². The van der Waals surface area contributed by atoms with E-state index in [0.717, 1.165) is 108 Å². The fourth-order valence-electron chi connectivity index (χ4n) is 15.8. The van der Waals surface area contributed by atoms with Crippen molar-refractivity contribution in [2.24, 2.45) is 0 Å². The average Bonchev–Trinajstić information content (AvgIpc) is 1.57. The monoisotopic (exact) mass is 2650 g/mol. The smallest absolute Gasteiger partial charge is 0.544 e. The molecule has 12 atom stereocenters. The Balaban J connectivity index is 0.000000221. The number of phosphoric acid groups is 3. The Hall–Kier alpha value is -8.03. The largest absolute Gasteiger partial charge is 1.00 e. The van der Waals surface area contributed by atoms with E-state index in [9.17, 15) is 29.0 Å². The molecule has 4 fully saturated rings. The van der Waals surface area contributed by atoms with E-state index in [1.807, 2.05) is 249 Å². The second kappa shape index (κ2) is 54.8. The summed E-state index contributed by atoms with van der Waals surface area (Å²) in [6.07, 6.45) is -6.70. The van der Waals surface area contributed by atoms with Gasteiger partial charge in [0.25, 0.3) is 0 Å². The Morgan fingerprint density at radius 2 is 0.650 bits per heavy atom. The summed E-state index contributed by atoms with van der Waals surface area (Å²) in [5, 5.41) is 38.1. The van der Waals surface area contributed by atoms with Gasteiger partial charge in [0.05, 0.1) is 119 Å². The number of phosphoric ester groups is 3. The van der Waals surface area contributed by atoms with Crippen LogP contribution in [0.15, 0.2) is 309 Å². The van der Waals surface area contributed by atoms with Crippen LogP contribution in [0.1, 0.15) is 68.2 Å². The summed E-state index contributed by atoms with van der Waals surface area (Å²) >= 11 is 0. The molecule has 0 spiro atoms. The van der Waals surface area contributed by atoms with E-state index < -0.39 is 102 Å². The number of phenols is 1. The van der Waals surface area contributed by atoms with Gasteiger partial charge in [-0.25, -0.2) is 13.7 Å². The minimum absolute atomic E-state index is 0. The van der Waals surface area contributed by atoms with Crippen molar-refractivity contribution >= 4 is 23.5 Å². The van der Waals surface area contributed by atoms with Gasteiger partial charge in [0.1, 0.15) is 68.5 Å². The van der Waals surface area contributed by atoms with Crippen LogP contribution in [-0.4, -0.2) is 173 Å². The summed E-state index contributed by atoms with van der Waals surface area (Å²) in [4.78, 5) is 0. The summed E-state index contributed by atoms with van der Waals surface area (Å²) in [6, 6.07) is 98.3. The summed E-state index contributed by atoms with van der Waals surface area (Å²) < 4.78 is 165. The average molecular weight is 2650 g/mol. The van der Waals surface area contributed by atoms with Gasteiger partial charge in [0.2, 0.25) is 0 Å². The van der Waals surface area contributed by atoms with Crippen molar-refractivity contribution in [3.8, 4) is 51.7 Å². The number of aliphatic hydroxyl groups is 3. The van der Waals surface area contributed by atoms with Crippen molar-refractivity contribution in [1.82, 2.24) is 0 Å². The van der Waals surface area contributed by atoms with Crippen LogP contribution in [0, 0.1) is 113 Å². The van der Waals surface area contributed by atoms with Crippen LogP contribution in [0.4, 0.5) is 0 Å². The first-order valence-electron chi connectivity index (χ1n) is 43.4. The predicted molar refractivity (Wildman–Crippen MR) is 508 cm³/mol. The van der Waals surface area contributed by atoms with Gasteiger partial charge in [-0.2, -0.15) is 19.8 Å². The predicted octanol–water partition coefficient (Wildman–Crippen LogP) is 18.7. The second-order valence-electron chi connectivity index (χ2n) is 31.1. The quantitative estimate of drug-likeness (QED) is 0.0157. The van der Waals surface area contributed by atoms with Crippen LogP contribution < -0.4 is 37.5 Å². The Morgan fingerprint density at radius 3 is 0.943 bits per heavy atom. The first-order valence-corrected chi connectivity index (χ1v) is 47.8. The van der Waals surface area contributed by atoms with Crippen molar-refractivity contribution in [2.75, 3.05) is 98.0 Å². The van der Waals surface area contributed by atoms with Crippen LogP contribution in [0.2, 0.25) is 0 Å². The van der Waals surface area contributed by atoms with E-state index in [1.54, 1.807) is 91.2 Å². The van der Waals surface area contributed by atoms with Crippen LogP contribution in [0.5, 0.6) is 51.7 Å². The van der Waals surface area contributed by atoms with Gasteiger partial charge in [-0.05, 0) is 194 Å². The van der Waals surface area contributed by atoms with E-state index in [2.05, 4.69) is 16.7 Å². The number of fused-ring (bicyclic) bond motifs is 1. The van der Waals surface area contributed by atoms with Gasteiger partial charge < -0.3 is 100 Å². The molecule has 12 aromatic carbocycles. The zero-order valence-electron chi connectivity index (χ0n) is 79.9. The molecule has 16 rings (SSSR count). The zero-order chi connectivity index (χ0) is 97.0. The SMILES string of the molecule is COC[C@H]1O[CH-][C@@H](OC)C1OP(=O)(OC)Oc1ccc(COC(c2ccccc2)(c2ccc(OC)cc2)c2ccc(OC)cc2)cc1.COP1(=O)OC2[C@@H]([CH-]O[C@@H]2CO)O1.COc1ccc(C(OCc2ccc(O)cc2)(c2ccccc2)c2ccc(OC)cc2)cc1.COc1ccc(C(OCc2ccc(OP(=O)(OC)OC3[C@H](O)[CH-]O[C@@H]3CO)cc2)(c2ccccc2)c2ccc(OC)cc2)cc1.[H+].[U].[U].[U]. The fraction of sp³-hybridized carbons (Fsp3) is 0.279. The summed E-state index contributed by atoms with van der Waals surface area (Å²) in [5.41, 5.74) is 8.26. The molecular formula is C104H113O30P3U3-2. The molecule has 4 aliphatic rings. The molecule has 12 aromatic rings. The number of aromatic hydroxyl groups is 1. The number of rotatable bonds is 40. The molecule has 738 valence electrons. The third kappa shape index (κ3) is 28.2. The second-order valence-corrected chi connectivity index (χ2v) is 36.1. The van der Waals surface area contributed by atoms with Crippen molar-refractivity contribution in [2.45, 2.75) is 91.6 Å². The minimum Gasteiger partial charge on any atom is -0.544 e. The van der Waals surface area contributed by atoms with Gasteiger partial charge in [0, 0.05) is 129 Å². The molecule has 36 heteroatoms. The molecule has 30 nitrogen and oxygen atoms in total. The molecular weight excluding hydrogens is 2540 g/mol. The Bertz CT molecular complexity index is 5690. The first kappa shape index (κ1) is 114. The fourth-order valence-corrected chi connectivity index (χ4v) is 19.3. The first-order chi connectivity index (χ1) is 66.5. The third-order valence-corrected chi connectivity index (χ3v) is 27.2. The van der Waals surface area contributed by atoms with Crippen LogP contribution in [-0.2, 0) is 120 Å². The maximum absolute atomic E-state index is 13.5. The molecule has 0 bridgehead atoms. The van der Waals surface area contributed by atoms with E-state index in [4.69, 9.17) is 108 Å². The van der Waals surface area contributed by atoms with Gasteiger partial charge >= 0.3 is 24.9 Å². The maximum atomic E-state index is 13.5. The van der Waals surface area contributed by atoms with Gasteiger partial charge in [-0.1, -0.05) is 200 Å². The molecule has 4 saturated heterocycles. The standard InChI is InChI=1S/C36H40O10P.C34H36O10P.C28H26O4.C6H10O6P.3U/c1-38-24-34-35(33(41-4)25-43-34)46-47(37,42-5)45-32-17-11-26(12-18-32)23-44-36(27-9-7-6-8-10-27,28-13-19-30(39-2)20-14-28)29-15-21-31(40-3)22-16-29;1-38-28-17-11-26(12-18-28)34(25-7-5-4-6-8-25,27-13-19-29(39-2)20-14-27)42-22-24-9-15-30(16-10-24)43-45(37,40-3)44-33-31(36)23-41-32(33)21-35;1-30-26-16-10-23(11-17-26)28(22-6-4-3-5-7-22,24-12-18-27(31-2)19-13-24)32-20-21-8-14-25(29)15-9-21;1-9-13(8)11-5-3-10-4(2-7)6(5)12-13;;;/h6-22,25,33-35H,23-24H2,1-5H3;4-20,23,31-33,35-36H,21-22H2,1-3H3;3-19,29H,20H2,1-2H3;3-7H,2H2,1H3;;;/q2*-1;;-1;;;/p+1/t33-,34-,35?,47?;31-,32-,33?,45?;;4-,5-,6?,13?;;;/m11.1.../s1. The molecule has 6 unspecified atom stereocenters. The zero-order valence-corrected chi connectivity index (χ0v) is 94.0. The molecule has 0 aromatic heterocycles. The van der Waals surface area contributed by atoms with E-state index in [-0.39, 0.29) is 133 Å². The van der Waals surface area contributed by atoms with Crippen molar-refractivity contribution < 1.29 is 236 Å². The summed E-state index contributed by atoms with van der Waals surface area (Å²) in [5.74, 6) is 5.22. The van der Waals surface area contributed by atoms with Gasteiger partial charge in [-0.15, -0.1) is 0 Å². The number of ether oxygens (including phenoxy) is 14. The number of methoxy groups -OCH3 is 8. The van der Waals surface area contributed by atoms with E-state index >= 15 is 0 Å². The molecule has 0 saturated carbocycles. The third-order valence-electron chi connectivity index (χ3n) is 23.0. The van der Waals surface area contributed by atoms with Crippen molar-refractivity contribution in [3.05, 3.63) is 396 Å². The number of benzene rings is 12. The molecule has 0 aliphatic carbocycles. The Labute approximate surface area is 888 Å². The van der Waals surface area contributed by atoms with Crippen molar-refractivity contribution in [1.29, 1.82) is 0 Å².